The fraction of sp³-hybridized carbons (Fsp3) is 0.100. The van der Waals surface area contributed by atoms with Crippen LogP contribution in [0, 0.1) is 0 Å². The number of nitrogens with one attached hydrogen (secondary N) is 1. The van der Waals surface area contributed by atoms with Crippen molar-refractivity contribution in [3.05, 3.63) is 89.7 Å². The van der Waals surface area contributed by atoms with Crippen LogP contribution in [0.4, 0.5) is 0 Å². The predicted octanol–water partition coefficient (Wildman–Crippen LogP) is 1.59. The highest BCUT2D eigenvalue weighted by molar-refractivity contribution is 7.89. The molecule has 2 heterocycles. The van der Waals surface area contributed by atoms with Crippen molar-refractivity contribution in [2.24, 2.45) is 0 Å². The maximum Gasteiger partial charge on any atom is 0.266 e. The van der Waals surface area contributed by atoms with Gasteiger partial charge in [-0.2, -0.15) is 5.10 Å². The van der Waals surface area contributed by atoms with Crippen molar-refractivity contribution in [2.75, 3.05) is 6.54 Å². The van der Waals surface area contributed by atoms with Crippen molar-refractivity contribution in [3.8, 4) is 17.3 Å². The lowest BCUT2D eigenvalue weighted by molar-refractivity contribution is 0.482. The summed E-state index contributed by atoms with van der Waals surface area (Å²) in [6.45, 7) is 0.0358. The molecule has 0 amide bonds. The molecule has 4 rings (SSSR count). The standard InChI is InChI=1S/C20H18N6O4S/c27-20-11-10-19(26-15-21-14-22-26)24-25(20)13-12-23-31(28,29)18-8-6-17(7-9-18)30-16-4-2-1-3-5-16/h1-11,14-15,23H,12-13H2. The largest absolute Gasteiger partial charge is 0.457 e. The van der Waals surface area contributed by atoms with E-state index in [2.05, 4.69) is 19.9 Å². The quantitative estimate of drug-likeness (QED) is 0.443. The van der Waals surface area contributed by atoms with Gasteiger partial charge < -0.3 is 4.74 Å². The van der Waals surface area contributed by atoms with Crippen LogP contribution >= 0.6 is 0 Å². The van der Waals surface area contributed by atoms with E-state index in [9.17, 15) is 13.2 Å². The predicted molar refractivity (Wildman–Crippen MR) is 112 cm³/mol. The number of sulfonamides is 1. The summed E-state index contributed by atoms with van der Waals surface area (Å²) < 4.78 is 35.8. The number of rotatable bonds is 8. The number of para-hydroxylation sites is 1. The monoisotopic (exact) mass is 438 g/mol. The molecule has 10 nitrogen and oxygen atoms in total. The van der Waals surface area contributed by atoms with Crippen molar-refractivity contribution in [2.45, 2.75) is 11.4 Å². The Labute approximate surface area is 177 Å². The first-order chi connectivity index (χ1) is 15.0. The van der Waals surface area contributed by atoms with Gasteiger partial charge in [0.15, 0.2) is 5.82 Å². The molecule has 0 radical (unpaired) electrons. The summed E-state index contributed by atoms with van der Waals surface area (Å²) in [4.78, 5) is 15.9. The summed E-state index contributed by atoms with van der Waals surface area (Å²) in [6.07, 6.45) is 2.80. The van der Waals surface area contributed by atoms with Gasteiger partial charge in [-0.15, -0.1) is 5.10 Å². The summed E-state index contributed by atoms with van der Waals surface area (Å²) in [6, 6.07) is 18.1. The van der Waals surface area contributed by atoms with Gasteiger partial charge in [-0.05, 0) is 42.5 Å². The van der Waals surface area contributed by atoms with Crippen LogP contribution in [0.5, 0.6) is 11.5 Å². The molecule has 2 aromatic heterocycles. The number of nitrogens with zero attached hydrogens (tertiary/aromatic N) is 5. The average molecular weight is 438 g/mol. The Bertz CT molecular complexity index is 1300. The lowest BCUT2D eigenvalue weighted by atomic mass is 10.3. The SMILES string of the molecule is O=c1ccc(-n2cncn2)nn1CCNS(=O)(=O)c1ccc(Oc2ccccc2)cc1. The second-order valence-corrected chi connectivity index (χ2v) is 8.14. The van der Waals surface area contributed by atoms with Gasteiger partial charge >= 0.3 is 0 Å². The Kier molecular flexibility index (Phi) is 5.87. The van der Waals surface area contributed by atoms with Gasteiger partial charge in [-0.25, -0.2) is 27.5 Å². The molecule has 11 heteroatoms. The molecule has 0 bridgehead atoms. The summed E-state index contributed by atoms with van der Waals surface area (Å²) in [5.74, 6) is 1.57. The summed E-state index contributed by atoms with van der Waals surface area (Å²) in [5, 5.41) is 8.13. The maximum atomic E-state index is 12.5. The van der Waals surface area contributed by atoms with E-state index in [0.717, 1.165) is 4.68 Å². The summed E-state index contributed by atoms with van der Waals surface area (Å²) in [7, 11) is -3.76. The zero-order valence-electron chi connectivity index (χ0n) is 16.2. The van der Waals surface area contributed by atoms with Gasteiger partial charge in [0.2, 0.25) is 10.0 Å². The molecule has 0 saturated carbocycles. The lowest BCUT2D eigenvalue weighted by Gasteiger charge is -2.10. The van der Waals surface area contributed by atoms with E-state index in [1.165, 1.54) is 41.6 Å². The third-order valence-corrected chi connectivity index (χ3v) is 5.71. The molecule has 0 atom stereocenters. The number of hydrogen-bond acceptors (Lipinski definition) is 7. The smallest absolute Gasteiger partial charge is 0.266 e. The molecule has 0 fully saturated rings. The highest BCUT2D eigenvalue weighted by Crippen LogP contribution is 2.22. The van der Waals surface area contributed by atoms with Crippen LogP contribution < -0.4 is 15.0 Å². The Morgan fingerprint density at radius 1 is 0.935 bits per heavy atom. The summed E-state index contributed by atoms with van der Waals surface area (Å²) >= 11 is 0. The van der Waals surface area contributed by atoms with Crippen molar-refractivity contribution >= 4 is 10.0 Å². The van der Waals surface area contributed by atoms with Gasteiger partial charge in [0.25, 0.3) is 5.56 Å². The molecule has 158 valence electrons. The highest BCUT2D eigenvalue weighted by atomic mass is 32.2. The van der Waals surface area contributed by atoms with Gasteiger partial charge in [-0.3, -0.25) is 4.79 Å². The lowest BCUT2D eigenvalue weighted by Crippen LogP contribution is -2.32. The van der Waals surface area contributed by atoms with E-state index in [1.54, 1.807) is 24.3 Å². The van der Waals surface area contributed by atoms with Crippen LogP contribution in [0.3, 0.4) is 0 Å². The Morgan fingerprint density at radius 3 is 2.39 bits per heavy atom. The fourth-order valence-corrected chi connectivity index (χ4v) is 3.75. The Balaban J connectivity index is 1.39. The van der Waals surface area contributed by atoms with E-state index in [-0.39, 0.29) is 23.5 Å². The first-order valence-electron chi connectivity index (χ1n) is 9.27. The third kappa shape index (κ3) is 5.02. The first-order valence-corrected chi connectivity index (χ1v) is 10.8. The molecule has 0 unspecified atom stereocenters. The average Bonchev–Trinajstić information content (AvgIpc) is 3.31. The van der Waals surface area contributed by atoms with Crippen LogP contribution in [0.2, 0.25) is 0 Å². The number of hydrogen-bond donors (Lipinski definition) is 1. The zero-order chi connectivity index (χ0) is 21.7. The first kappa shape index (κ1) is 20.4. The van der Waals surface area contributed by atoms with Crippen LogP contribution in [0.1, 0.15) is 0 Å². The maximum absolute atomic E-state index is 12.5. The number of ether oxygens (including phenoxy) is 1. The molecule has 4 aromatic rings. The van der Waals surface area contributed by atoms with Gasteiger partial charge in [0.1, 0.15) is 24.2 Å². The molecule has 1 N–H and O–H groups in total. The topological polar surface area (TPSA) is 121 Å². The van der Waals surface area contributed by atoms with E-state index in [4.69, 9.17) is 4.74 Å². The normalized spacial score (nSPS) is 11.4. The Hall–Kier alpha value is -3.83. The molecule has 0 aliphatic carbocycles. The molecule has 0 aliphatic heterocycles. The van der Waals surface area contributed by atoms with Crippen LogP contribution in [-0.2, 0) is 16.6 Å². The van der Waals surface area contributed by atoms with Gasteiger partial charge in [0, 0.05) is 12.6 Å². The molecule has 2 aromatic carbocycles. The van der Waals surface area contributed by atoms with Crippen LogP contribution in [0.15, 0.2) is 89.1 Å². The Morgan fingerprint density at radius 2 is 1.68 bits per heavy atom. The fourth-order valence-electron chi connectivity index (χ4n) is 2.73. The molecule has 0 saturated heterocycles. The molecule has 0 spiro atoms. The van der Waals surface area contributed by atoms with E-state index in [0.29, 0.717) is 17.3 Å². The second-order valence-electron chi connectivity index (χ2n) is 6.38. The van der Waals surface area contributed by atoms with Crippen molar-refractivity contribution < 1.29 is 13.2 Å². The van der Waals surface area contributed by atoms with E-state index in [1.807, 2.05) is 18.2 Å². The van der Waals surface area contributed by atoms with Gasteiger partial charge in [0.05, 0.1) is 11.4 Å². The van der Waals surface area contributed by atoms with E-state index < -0.39 is 10.0 Å². The number of aromatic nitrogens is 5. The van der Waals surface area contributed by atoms with Crippen molar-refractivity contribution in [1.29, 1.82) is 0 Å². The zero-order valence-corrected chi connectivity index (χ0v) is 17.0. The minimum absolute atomic E-state index is 0.0156. The van der Waals surface area contributed by atoms with Gasteiger partial charge in [-0.1, -0.05) is 18.2 Å². The van der Waals surface area contributed by atoms with Crippen LogP contribution in [0.25, 0.3) is 5.82 Å². The van der Waals surface area contributed by atoms with Crippen LogP contribution in [-0.4, -0.2) is 39.5 Å². The molecule has 0 aliphatic rings. The van der Waals surface area contributed by atoms with Crippen molar-refractivity contribution in [1.82, 2.24) is 29.3 Å². The molecular weight excluding hydrogens is 420 g/mol. The summed E-state index contributed by atoms with van der Waals surface area (Å²) in [5.41, 5.74) is -0.356. The number of benzene rings is 2. The molecule has 31 heavy (non-hydrogen) atoms. The molecular formula is C20H18N6O4S. The minimum atomic E-state index is -3.76. The second kappa shape index (κ2) is 8.90. The van der Waals surface area contributed by atoms with E-state index >= 15 is 0 Å². The van der Waals surface area contributed by atoms with Crippen molar-refractivity contribution in [3.63, 3.8) is 0 Å². The highest BCUT2D eigenvalue weighted by Gasteiger charge is 2.14. The minimum Gasteiger partial charge on any atom is -0.457 e. The third-order valence-electron chi connectivity index (χ3n) is 4.23.